The molecule has 0 bridgehead atoms. The highest BCUT2D eigenvalue weighted by atomic mass is 35.5. The molecular formula is C25H27ClF2N4O. The summed E-state index contributed by atoms with van der Waals surface area (Å²) in [6.45, 7) is 4.62. The van der Waals surface area contributed by atoms with Crippen LogP contribution in [0.4, 0.5) is 8.78 Å². The molecule has 8 heteroatoms. The molecular weight excluding hydrogens is 446 g/mol. The highest BCUT2D eigenvalue weighted by Gasteiger charge is 2.26. The topological polar surface area (TPSA) is 48.5 Å². The molecule has 174 valence electrons. The minimum atomic E-state index is -0.274. The number of carbonyl (C=O) groups is 1. The van der Waals surface area contributed by atoms with Gasteiger partial charge in [-0.05, 0) is 47.5 Å². The van der Waals surface area contributed by atoms with Crippen molar-refractivity contribution < 1.29 is 13.6 Å². The number of halogens is 3. The van der Waals surface area contributed by atoms with Crippen LogP contribution >= 0.6 is 12.4 Å². The quantitative estimate of drug-likeness (QED) is 0.566. The van der Waals surface area contributed by atoms with Gasteiger partial charge in [-0.15, -0.1) is 12.4 Å². The van der Waals surface area contributed by atoms with Gasteiger partial charge in [-0.3, -0.25) is 19.6 Å². The van der Waals surface area contributed by atoms with E-state index in [1.54, 1.807) is 48.7 Å². The summed E-state index contributed by atoms with van der Waals surface area (Å²) in [5.74, 6) is -0.717. The van der Waals surface area contributed by atoms with Crippen LogP contribution < -0.4 is 5.32 Å². The number of pyridine rings is 1. The highest BCUT2D eigenvalue weighted by Crippen LogP contribution is 2.30. The molecule has 0 radical (unpaired) electrons. The zero-order valence-corrected chi connectivity index (χ0v) is 19.0. The molecule has 0 aliphatic carbocycles. The van der Waals surface area contributed by atoms with Crippen LogP contribution in [0, 0.1) is 11.6 Å². The number of hydrogen-bond donors (Lipinski definition) is 1. The number of carbonyl (C=O) groups excluding carboxylic acids is 1. The lowest BCUT2D eigenvalue weighted by Gasteiger charge is -2.39. The molecule has 1 aliphatic rings. The molecule has 1 fully saturated rings. The van der Waals surface area contributed by atoms with Gasteiger partial charge in [0.15, 0.2) is 0 Å². The van der Waals surface area contributed by atoms with Crippen LogP contribution in [0.3, 0.4) is 0 Å². The first-order valence-electron chi connectivity index (χ1n) is 10.8. The maximum atomic E-state index is 13.5. The maximum Gasteiger partial charge on any atom is 0.269 e. The molecule has 5 nitrogen and oxygen atoms in total. The SMILES string of the molecule is Cl.O=C(NCCN1CCN(C(c2ccc(F)cc2)c2ccc(F)cc2)CC1)c1ccccn1. The van der Waals surface area contributed by atoms with Gasteiger partial charge in [-0.2, -0.15) is 0 Å². The van der Waals surface area contributed by atoms with Crippen molar-refractivity contribution in [3.05, 3.63) is 101 Å². The van der Waals surface area contributed by atoms with Crippen molar-refractivity contribution in [1.82, 2.24) is 20.1 Å². The van der Waals surface area contributed by atoms with Crippen LogP contribution in [0.1, 0.15) is 27.7 Å². The number of hydrogen-bond acceptors (Lipinski definition) is 4. The summed E-state index contributed by atoms with van der Waals surface area (Å²) in [4.78, 5) is 20.8. The summed E-state index contributed by atoms with van der Waals surface area (Å²) in [5, 5.41) is 2.91. The molecule has 0 saturated carbocycles. The summed E-state index contributed by atoms with van der Waals surface area (Å²) in [6.07, 6.45) is 1.60. The molecule has 0 spiro atoms. The third-order valence-electron chi connectivity index (χ3n) is 5.75. The van der Waals surface area contributed by atoms with Crippen LogP contribution in [0.5, 0.6) is 0 Å². The molecule has 2 heterocycles. The number of rotatable bonds is 7. The standard InChI is InChI=1S/C25H26F2N4O.ClH/c26-21-8-4-19(5-9-21)24(20-6-10-22(27)11-7-20)31-17-15-30(16-18-31)14-13-29-25(32)23-3-1-2-12-28-23;/h1-12,24H,13-18H2,(H,29,32);1H. The fraction of sp³-hybridized carbons (Fsp3) is 0.280. The van der Waals surface area contributed by atoms with Crippen LogP contribution in [-0.2, 0) is 0 Å². The summed E-state index contributed by atoms with van der Waals surface area (Å²) >= 11 is 0. The predicted molar refractivity (Wildman–Crippen MR) is 126 cm³/mol. The Kier molecular flexibility index (Phi) is 8.88. The van der Waals surface area contributed by atoms with E-state index in [-0.39, 0.29) is 36.0 Å². The van der Waals surface area contributed by atoms with Gasteiger partial charge in [0.2, 0.25) is 0 Å². The first-order valence-corrected chi connectivity index (χ1v) is 10.8. The average Bonchev–Trinajstić information content (AvgIpc) is 2.83. The first kappa shape index (κ1) is 24.8. The third-order valence-corrected chi connectivity index (χ3v) is 5.75. The first-order chi connectivity index (χ1) is 15.6. The van der Waals surface area contributed by atoms with E-state index in [1.165, 1.54) is 24.3 Å². The maximum absolute atomic E-state index is 13.5. The molecule has 1 N–H and O–H groups in total. The number of aromatic nitrogens is 1. The Hall–Kier alpha value is -2.87. The summed E-state index contributed by atoms with van der Waals surface area (Å²) < 4.78 is 27.0. The monoisotopic (exact) mass is 472 g/mol. The Balaban J connectivity index is 0.00000306. The van der Waals surface area contributed by atoms with E-state index in [2.05, 4.69) is 20.1 Å². The Labute approximate surface area is 198 Å². The summed E-state index contributed by atoms with van der Waals surface area (Å²) in [6, 6.07) is 18.2. The van der Waals surface area contributed by atoms with Gasteiger partial charge < -0.3 is 5.32 Å². The van der Waals surface area contributed by atoms with Crippen molar-refractivity contribution in [3.8, 4) is 0 Å². The Morgan fingerprint density at radius 2 is 1.45 bits per heavy atom. The van der Waals surface area contributed by atoms with Crippen LogP contribution in [0.15, 0.2) is 72.9 Å². The highest BCUT2D eigenvalue weighted by molar-refractivity contribution is 5.92. The van der Waals surface area contributed by atoms with E-state index >= 15 is 0 Å². The lowest BCUT2D eigenvalue weighted by molar-refractivity contribution is 0.0916. The van der Waals surface area contributed by atoms with E-state index in [0.29, 0.717) is 12.2 Å². The van der Waals surface area contributed by atoms with Crippen molar-refractivity contribution >= 4 is 18.3 Å². The largest absolute Gasteiger partial charge is 0.349 e. The van der Waals surface area contributed by atoms with Gasteiger partial charge in [0.1, 0.15) is 17.3 Å². The van der Waals surface area contributed by atoms with Crippen LogP contribution in [0.2, 0.25) is 0 Å². The molecule has 2 aromatic carbocycles. The van der Waals surface area contributed by atoms with Crippen molar-refractivity contribution in [3.63, 3.8) is 0 Å². The van der Waals surface area contributed by atoms with Gasteiger partial charge in [0.05, 0.1) is 6.04 Å². The van der Waals surface area contributed by atoms with Gasteiger partial charge in [-0.1, -0.05) is 30.3 Å². The lowest BCUT2D eigenvalue weighted by Crippen LogP contribution is -2.49. The number of benzene rings is 2. The normalized spacial score (nSPS) is 14.6. The van der Waals surface area contributed by atoms with Crippen molar-refractivity contribution in [2.24, 2.45) is 0 Å². The molecule has 3 aromatic rings. The fourth-order valence-electron chi connectivity index (χ4n) is 4.06. The molecule has 0 atom stereocenters. The van der Waals surface area contributed by atoms with Gasteiger partial charge >= 0.3 is 0 Å². The van der Waals surface area contributed by atoms with Crippen LogP contribution in [0.25, 0.3) is 0 Å². The number of nitrogens with one attached hydrogen (secondary N) is 1. The lowest BCUT2D eigenvalue weighted by atomic mass is 9.96. The Bertz CT molecular complexity index is 965. The second kappa shape index (κ2) is 11.8. The Morgan fingerprint density at radius 1 is 0.879 bits per heavy atom. The predicted octanol–water partition coefficient (Wildman–Crippen LogP) is 3.92. The third kappa shape index (κ3) is 6.57. The second-order valence-electron chi connectivity index (χ2n) is 7.85. The van der Waals surface area contributed by atoms with Gasteiger partial charge in [-0.25, -0.2) is 8.78 Å². The number of nitrogens with zero attached hydrogens (tertiary/aromatic N) is 3. The zero-order valence-electron chi connectivity index (χ0n) is 18.2. The minimum absolute atomic E-state index is 0. The molecule has 1 saturated heterocycles. The van der Waals surface area contributed by atoms with Gasteiger partial charge in [0, 0.05) is 45.5 Å². The smallest absolute Gasteiger partial charge is 0.269 e. The zero-order chi connectivity index (χ0) is 22.3. The summed E-state index contributed by atoms with van der Waals surface area (Å²) in [7, 11) is 0. The second-order valence-corrected chi connectivity index (χ2v) is 7.85. The fourth-order valence-corrected chi connectivity index (χ4v) is 4.06. The van der Waals surface area contributed by atoms with Crippen molar-refractivity contribution in [2.75, 3.05) is 39.3 Å². The number of amides is 1. The van der Waals surface area contributed by atoms with Crippen molar-refractivity contribution in [2.45, 2.75) is 6.04 Å². The molecule has 1 aliphatic heterocycles. The molecule has 4 rings (SSSR count). The van der Waals surface area contributed by atoms with Crippen molar-refractivity contribution in [1.29, 1.82) is 0 Å². The van der Waals surface area contributed by atoms with E-state index in [4.69, 9.17) is 0 Å². The summed E-state index contributed by atoms with van der Waals surface area (Å²) in [5.41, 5.74) is 2.38. The molecule has 0 unspecified atom stereocenters. The van der Waals surface area contributed by atoms with E-state index in [0.717, 1.165) is 43.9 Å². The van der Waals surface area contributed by atoms with Gasteiger partial charge in [0.25, 0.3) is 5.91 Å². The Morgan fingerprint density at radius 3 is 1.97 bits per heavy atom. The van der Waals surface area contributed by atoms with E-state index < -0.39 is 0 Å². The molecule has 1 amide bonds. The minimum Gasteiger partial charge on any atom is -0.349 e. The van der Waals surface area contributed by atoms with Crippen LogP contribution in [-0.4, -0.2) is 60.0 Å². The average molecular weight is 473 g/mol. The molecule has 33 heavy (non-hydrogen) atoms. The molecule has 1 aromatic heterocycles. The van der Waals surface area contributed by atoms with E-state index in [1.807, 2.05) is 0 Å². The van der Waals surface area contributed by atoms with E-state index in [9.17, 15) is 13.6 Å². The number of piperazine rings is 1.